The summed E-state index contributed by atoms with van der Waals surface area (Å²) in [6, 6.07) is 13.0. The summed E-state index contributed by atoms with van der Waals surface area (Å²) < 4.78 is 54.3. The molecule has 0 radical (unpaired) electrons. The van der Waals surface area contributed by atoms with E-state index in [0.29, 0.717) is 5.69 Å². The normalized spacial score (nSPS) is 11.5. The first kappa shape index (κ1) is 18.6. The van der Waals surface area contributed by atoms with Crippen LogP contribution in [0.25, 0.3) is 5.69 Å². The van der Waals surface area contributed by atoms with Crippen LogP contribution in [0, 0.1) is 0 Å². The molecule has 8 nitrogen and oxygen atoms in total. The monoisotopic (exact) mass is 394 g/mol. The highest BCUT2D eigenvalue weighted by atomic mass is 32.2. The van der Waals surface area contributed by atoms with Crippen LogP contribution < -0.4 is 0 Å². The molecule has 27 heavy (non-hydrogen) atoms. The summed E-state index contributed by atoms with van der Waals surface area (Å²) in [7, 11) is -4.72. The second-order valence-electron chi connectivity index (χ2n) is 5.25. The van der Waals surface area contributed by atoms with Crippen molar-refractivity contribution in [2.75, 3.05) is 0 Å². The van der Waals surface area contributed by atoms with E-state index in [9.17, 15) is 22.0 Å². The lowest BCUT2D eigenvalue weighted by atomic mass is 10.2. The fraction of sp³-hybridized carbons (Fsp3) is 0.125. The zero-order chi connectivity index (χ0) is 19.4. The van der Waals surface area contributed by atoms with E-state index in [0.717, 1.165) is 24.3 Å². The van der Waals surface area contributed by atoms with Crippen LogP contribution in [0.2, 0.25) is 0 Å². The fourth-order valence-electron chi connectivity index (χ4n) is 2.16. The van der Waals surface area contributed by atoms with Gasteiger partial charge >= 0.3 is 11.7 Å². The molecule has 3 aromatic rings. The van der Waals surface area contributed by atoms with Crippen molar-refractivity contribution in [3.05, 3.63) is 66.0 Å². The highest BCUT2D eigenvalue weighted by Crippen LogP contribution is 2.19. The van der Waals surface area contributed by atoms with Crippen LogP contribution in [-0.4, -0.2) is 40.4 Å². The third-order valence-electron chi connectivity index (χ3n) is 3.52. The van der Waals surface area contributed by atoms with Crippen LogP contribution in [0.3, 0.4) is 0 Å². The minimum atomic E-state index is -4.72. The van der Waals surface area contributed by atoms with Crippen LogP contribution in [-0.2, 0) is 21.2 Å². The number of aromatic nitrogens is 4. The van der Waals surface area contributed by atoms with Gasteiger partial charge in [-0.2, -0.15) is 13.5 Å². The Balaban J connectivity index is 1.70. The zero-order valence-corrected chi connectivity index (χ0v) is 14.4. The van der Waals surface area contributed by atoms with E-state index in [1.807, 2.05) is 6.07 Å². The van der Waals surface area contributed by atoms with Gasteiger partial charge in [-0.25, -0.2) is 13.2 Å². The van der Waals surface area contributed by atoms with Crippen LogP contribution in [0.4, 0.5) is 8.78 Å². The van der Waals surface area contributed by atoms with Crippen LogP contribution in [0.15, 0.2) is 59.5 Å². The lowest BCUT2D eigenvalue weighted by Crippen LogP contribution is -2.12. The van der Waals surface area contributed by atoms with E-state index in [4.69, 9.17) is 4.74 Å². The zero-order valence-electron chi connectivity index (χ0n) is 13.6. The number of hydrogen-bond donors (Lipinski definition) is 0. The van der Waals surface area contributed by atoms with Gasteiger partial charge in [-0.3, -0.25) is 0 Å². The molecule has 0 aliphatic heterocycles. The van der Waals surface area contributed by atoms with Gasteiger partial charge in [-0.05, 0) is 46.8 Å². The van der Waals surface area contributed by atoms with Crippen LogP contribution in [0.1, 0.15) is 16.2 Å². The van der Waals surface area contributed by atoms with Crippen LogP contribution >= 0.6 is 0 Å². The SMILES string of the molecule is O=C(OCc1nnnn1-c1ccccc1)c1ccc(S(=O)(=O)C(F)F)cc1. The molecule has 0 saturated heterocycles. The number of rotatable bonds is 6. The number of para-hydroxylation sites is 1. The Labute approximate surface area is 152 Å². The first-order chi connectivity index (χ1) is 12.9. The number of alkyl halides is 2. The van der Waals surface area contributed by atoms with Crippen molar-refractivity contribution in [2.45, 2.75) is 17.3 Å². The van der Waals surface area contributed by atoms with Gasteiger partial charge < -0.3 is 4.74 Å². The number of esters is 1. The number of halogens is 2. The summed E-state index contributed by atoms with van der Waals surface area (Å²) in [6.45, 7) is -0.238. The first-order valence-electron chi connectivity index (χ1n) is 7.51. The Bertz CT molecular complexity index is 1040. The molecule has 0 saturated carbocycles. The van der Waals surface area contributed by atoms with Crippen molar-refractivity contribution in [1.29, 1.82) is 0 Å². The second kappa shape index (κ2) is 7.58. The second-order valence-corrected chi connectivity index (χ2v) is 7.17. The van der Waals surface area contributed by atoms with Gasteiger partial charge in [0.2, 0.25) is 9.84 Å². The van der Waals surface area contributed by atoms with E-state index < -0.39 is 26.5 Å². The minimum Gasteiger partial charge on any atom is -0.454 e. The molecular weight excluding hydrogens is 382 g/mol. The Morgan fingerprint density at radius 3 is 2.37 bits per heavy atom. The van der Waals surface area contributed by atoms with Crippen molar-refractivity contribution in [1.82, 2.24) is 20.2 Å². The lowest BCUT2D eigenvalue weighted by Gasteiger charge is -2.07. The molecule has 0 atom stereocenters. The maximum Gasteiger partial charge on any atom is 0.341 e. The Morgan fingerprint density at radius 1 is 1.07 bits per heavy atom. The molecule has 0 amide bonds. The number of carbonyl (C=O) groups is 1. The molecule has 0 spiro atoms. The number of benzene rings is 2. The summed E-state index contributed by atoms with van der Waals surface area (Å²) >= 11 is 0. The van der Waals surface area contributed by atoms with Crippen molar-refractivity contribution in [3.8, 4) is 5.69 Å². The van der Waals surface area contributed by atoms with Gasteiger partial charge in [-0.1, -0.05) is 18.2 Å². The fourth-order valence-corrected chi connectivity index (χ4v) is 2.88. The van der Waals surface area contributed by atoms with Gasteiger partial charge in [0.15, 0.2) is 12.4 Å². The molecule has 11 heteroatoms. The van der Waals surface area contributed by atoms with E-state index >= 15 is 0 Å². The number of carbonyl (C=O) groups excluding carboxylic acids is 1. The summed E-state index contributed by atoms with van der Waals surface area (Å²) in [5, 5.41) is 11.1. The standard InChI is InChI=1S/C16H12F2N4O4S/c17-16(18)27(24,25)13-8-6-11(7-9-13)15(23)26-10-14-19-20-21-22(14)12-4-2-1-3-5-12/h1-9,16H,10H2. The lowest BCUT2D eigenvalue weighted by molar-refractivity contribution is 0.0459. The molecule has 1 heterocycles. The van der Waals surface area contributed by atoms with Crippen LogP contribution in [0.5, 0.6) is 0 Å². The largest absolute Gasteiger partial charge is 0.454 e. The number of tetrazole rings is 1. The van der Waals surface area contributed by atoms with Crippen molar-refractivity contribution >= 4 is 15.8 Å². The average Bonchev–Trinajstić information content (AvgIpc) is 3.15. The minimum absolute atomic E-state index is 0.00181. The third kappa shape index (κ3) is 3.97. The van der Waals surface area contributed by atoms with Crippen molar-refractivity contribution < 1.29 is 26.7 Å². The van der Waals surface area contributed by atoms with Gasteiger partial charge in [0.05, 0.1) is 16.1 Å². The Kier molecular flexibility index (Phi) is 5.21. The Morgan fingerprint density at radius 2 is 1.74 bits per heavy atom. The van der Waals surface area contributed by atoms with E-state index in [1.165, 1.54) is 4.68 Å². The average molecular weight is 394 g/mol. The quantitative estimate of drug-likeness (QED) is 0.589. The highest BCUT2D eigenvalue weighted by Gasteiger charge is 2.26. The predicted molar refractivity (Wildman–Crippen MR) is 87.9 cm³/mol. The maximum atomic E-state index is 12.5. The first-order valence-corrected chi connectivity index (χ1v) is 9.06. The molecule has 2 aromatic carbocycles. The van der Waals surface area contributed by atoms with Gasteiger partial charge in [-0.15, -0.1) is 5.10 Å². The number of hydrogen-bond acceptors (Lipinski definition) is 7. The molecule has 0 aliphatic rings. The van der Waals surface area contributed by atoms with Gasteiger partial charge in [0, 0.05) is 0 Å². The maximum absolute atomic E-state index is 12.5. The van der Waals surface area contributed by atoms with Crippen molar-refractivity contribution in [3.63, 3.8) is 0 Å². The van der Waals surface area contributed by atoms with Crippen molar-refractivity contribution in [2.24, 2.45) is 0 Å². The number of ether oxygens (including phenoxy) is 1. The van der Waals surface area contributed by atoms with Gasteiger partial charge in [0.25, 0.3) is 0 Å². The summed E-state index contributed by atoms with van der Waals surface area (Å²) in [4.78, 5) is 11.5. The topological polar surface area (TPSA) is 104 Å². The molecule has 0 N–H and O–H groups in total. The highest BCUT2D eigenvalue weighted by molar-refractivity contribution is 7.91. The molecule has 0 fully saturated rings. The predicted octanol–water partition coefficient (Wildman–Crippen LogP) is 2.02. The molecule has 140 valence electrons. The van der Waals surface area contributed by atoms with E-state index in [2.05, 4.69) is 15.5 Å². The Hall–Kier alpha value is -3.21. The summed E-state index contributed by atoms with van der Waals surface area (Å²) in [5.74, 6) is -4.04. The van der Waals surface area contributed by atoms with E-state index in [-0.39, 0.29) is 18.0 Å². The molecule has 0 bridgehead atoms. The number of sulfone groups is 1. The molecular formula is C16H12F2N4O4S. The van der Waals surface area contributed by atoms with Gasteiger partial charge in [0.1, 0.15) is 0 Å². The molecule has 1 aromatic heterocycles. The smallest absolute Gasteiger partial charge is 0.341 e. The molecule has 0 unspecified atom stereocenters. The summed E-state index contributed by atoms with van der Waals surface area (Å²) in [5.41, 5.74) is 0.678. The molecule has 0 aliphatic carbocycles. The number of nitrogens with zero attached hydrogens (tertiary/aromatic N) is 4. The third-order valence-corrected chi connectivity index (χ3v) is 4.92. The van der Waals surface area contributed by atoms with E-state index in [1.54, 1.807) is 24.3 Å². The molecule has 3 rings (SSSR count). The summed E-state index contributed by atoms with van der Waals surface area (Å²) in [6.07, 6.45) is 0.